The van der Waals surface area contributed by atoms with Crippen molar-refractivity contribution in [1.82, 2.24) is 15.0 Å². The highest BCUT2D eigenvalue weighted by molar-refractivity contribution is 4.88. The second-order valence-corrected chi connectivity index (χ2v) is 5.34. The Morgan fingerprint density at radius 3 is 3.11 bits per heavy atom. The third-order valence-electron chi connectivity index (χ3n) is 3.81. The van der Waals surface area contributed by atoms with Crippen LogP contribution in [-0.4, -0.2) is 39.3 Å². The third kappa shape index (κ3) is 4.28. The normalized spacial score (nSPS) is 20.8. The highest BCUT2D eigenvalue weighted by atomic mass is 16.5. The smallest absolute Gasteiger partial charge is 0.240 e. The predicted molar refractivity (Wildman–Crippen MR) is 72.7 cm³/mol. The lowest BCUT2D eigenvalue weighted by atomic mass is 10.00. The van der Waals surface area contributed by atoms with Gasteiger partial charge in [-0.1, -0.05) is 24.9 Å². The molecule has 2 heterocycles. The molecule has 5 heteroatoms. The van der Waals surface area contributed by atoms with E-state index in [0.717, 1.165) is 56.9 Å². The van der Waals surface area contributed by atoms with Gasteiger partial charge in [0.1, 0.15) is 0 Å². The molecule has 1 unspecified atom stereocenters. The fourth-order valence-corrected chi connectivity index (χ4v) is 2.71. The minimum absolute atomic E-state index is 0.257. The molecule has 0 bridgehead atoms. The number of aliphatic hydroxyl groups excluding tert-OH is 1. The van der Waals surface area contributed by atoms with Crippen LogP contribution in [0, 0.1) is 0 Å². The van der Waals surface area contributed by atoms with Crippen LogP contribution in [0.5, 0.6) is 0 Å². The van der Waals surface area contributed by atoms with Gasteiger partial charge in [0.15, 0.2) is 5.82 Å². The number of likely N-dealkylation sites (tertiary alicyclic amines) is 1. The summed E-state index contributed by atoms with van der Waals surface area (Å²) in [4.78, 5) is 6.83. The molecule has 0 saturated carbocycles. The van der Waals surface area contributed by atoms with Crippen LogP contribution >= 0.6 is 0 Å². The lowest BCUT2D eigenvalue weighted by molar-refractivity contribution is 0.100. The van der Waals surface area contributed by atoms with Gasteiger partial charge >= 0.3 is 0 Å². The van der Waals surface area contributed by atoms with Crippen LogP contribution in [0.3, 0.4) is 0 Å². The van der Waals surface area contributed by atoms with Gasteiger partial charge in [-0.25, -0.2) is 0 Å². The fourth-order valence-electron chi connectivity index (χ4n) is 2.71. The number of rotatable bonds is 7. The molecule has 0 spiro atoms. The van der Waals surface area contributed by atoms with E-state index in [1.807, 2.05) is 0 Å². The molecule has 1 aromatic heterocycles. The number of aromatic nitrogens is 2. The second-order valence-electron chi connectivity index (χ2n) is 5.34. The summed E-state index contributed by atoms with van der Waals surface area (Å²) < 4.78 is 5.33. The lowest BCUT2D eigenvalue weighted by Crippen LogP contribution is -2.39. The molecular formula is C14H25N3O2. The Morgan fingerprint density at radius 2 is 2.32 bits per heavy atom. The largest absolute Gasteiger partial charge is 0.396 e. The summed E-state index contributed by atoms with van der Waals surface area (Å²) in [7, 11) is 0. The SMILES string of the molecule is CCCCc1noc(CN2CCCCC2CCO)n1. The van der Waals surface area contributed by atoms with Crippen LogP contribution in [0.4, 0.5) is 0 Å². The summed E-state index contributed by atoms with van der Waals surface area (Å²) in [6.07, 6.45) is 7.64. The highest BCUT2D eigenvalue weighted by Gasteiger charge is 2.23. The zero-order valence-corrected chi connectivity index (χ0v) is 11.8. The Bertz CT molecular complexity index is 365. The first-order valence-corrected chi connectivity index (χ1v) is 7.50. The maximum absolute atomic E-state index is 9.13. The van der Waals surface area contributed by atoms with Gasteiger partial charge in [0, 0.05) is 19.1 Å². The quantitative estimate of drug-likeness (QED) is 0.820. The zero-order chi connectivity index (χ0) is 13.5. The minimum atomic E-state index is 0.257. The molecule has 2 rings (SSSR count). The molecule has 1 N–H and O–H groups in total. The van der Waals surface area contributed by atoms with Crippen molar-refractivity contribution in [3.8, 4) is 0 Å². The van der Waals surface area contributed by atoms with E-state index in [-0.39, 0.29) is 6.61 Å². The summed E-state index contributed by atoms with van der Waals surface area (Å²) in [5, 5.41) is 13.2. The number of aliphatic hydroxyl groups is 1. The highest BCUT2D eigenvalue weighted by Crippen LogP contribution is 2.21. The second kappa shape index (κ2) is 7.60. The molecular weight excluding hydrogens is 242 g/mol. The van der Waals surface area contributed by atoms with Crippen LogP contribution in [0.15, 0.2) is 4.52 Å². The van der Waals surface area contributed by atoms with E-state index in [4.69, 9.17) is 9.63 Å². The van der Waals surface area contributed by atoms with Crippen LogP contribution in [-0.2, 0) is 13.0 Å². The molecule has 1 saturated heterocycles. The van der Waals surface area contributed by atoms with Gasteiger partial charge in [0.2, 0.25) is 5.89 Å². The van der Waals surface area contributed by atoms with Gasteiger partial charge in [0.05, 0.1) is 6.54 Å². The monoisotopic (exact) mass is 267 g/mol. The Morgan fingerprint density at radius 1 is 1.42 bits per heavy atom. The Labute approximate surface area is 115 Å². The van der Waals surface area contributed by atoms with Gasteiger partial charge < -0.3 is 9.63 Å². The van der Waals surface area contributed by atoms with Gasteiger partial charge in [-0.3, -0.25) is 4.90 Å². The van der Waals surface area contributed by atoms with Crippen molar-refractivity contribution in [3.63, 3.8) is 0 Å². The summed E-state index contributed by atoms with van der Waals surface area (Å²) in [5.41, 5.74) is 0. The first-order valence-electron chi connectivity index (χ1n) is 7.50. The van der Waals surface area contributed by atoms with Crippen molar-refractivity contribution in [2.45, 2.75) is 64.5 Å². The van der Waals surface area contributed by atoms with E-state index in [2.05, 4.69) is 22.0 Å². The van der Waals surface area contributed by atoms with E-state index in [1.165, 1.54) is 12.8 Å². The number of nitrogens with zero attached hydrogens (tertiary/aromatic N) is 3. The van der Waals surface area contributed by atoms with Gasteiger partial charge in [-0.05, 0) is 32.2 Å². The molecule has 0 aliphatic carbocycles. The van der Waals surface area contributed by atoms with Crippen molar-refractivity contribution in [1.29, 1.82) is 0 Å². The number of unbranched alkanes of at least 4 members (excludes halogenated alkanes) is 1. The zero-order valence-electron chi connectivity index (χ0n) is 11.8. The van der Waals surface area contributed by atoms with Crippen molar-refractivity contribution in [3.05, 3.63) is 11.7 Å². The van der Waals surface area contributed by atoms with Gasteiger partial charge in [-0.15, -0.1) is 0 Å². The van der Waals surface area contributed by atoms with Crippen LogP contribution < -0.4 is 0 Å². The molecule has 0 aromatic carbocycles. The lowest BCUT2D eigenvalue weighted by Gasteiger charge is -2.34. The summed E-state index contributed by atoms with van der Waals surface area (Å²) in [6, 6.07) is 0.463. The van der Waals surface area contributed by atoms with Crippen LogP contribution in [0.25, 0.3) is 0 Å². The molecule has 1 aromatic rings. The molecule has 1 atom stereocenters. The summed E-state index contributed by atoms with van der Waals surface area (Å²) >= 11 is 0. The molecule has 0 amide bonds. The first-order chi connectivity index (χ1) is 9.33. The minimum Gasteiger partial charge on any atom is -0.396 e. The Hall–Kier alpha value is -0.940. The topological polar surface area (TPSA) is 62.4 Å². The first kappa shape index (κ1) is 14.5. The molecule has 0 radical (unpaired) electrons. The van der Waals surface area contributed by atoms with Gasteiger partial charge in [-0.2, -0.15) is 4.98 Å². The molecule has 108 valence electrons. The molecule has 1 aliphatic rings. The van der Waals surface area contributed by atoms with E-state index < -0.39 is 0 Å². The predicted octanol–water partition coefficient (Wildman–Crippen LogP) is 2.15. The van der Waals surface area contributed by atoms with Crippen LogP contribution in [0.2, 0.25) is 0 Å². The molecule has 1 aliphatic heterocycles. The summed E-state index contributed by atoms with van der Waals surface area (Å²) in [5.74, 6) is 1.54. The Kier molecular flexibility index (Phi) is 5.79. The van der Waals surface area contributed by atoms with Crippen molar-refractivity contribution < 1.29 is 9.63 Å². The number of hydrogen-bond acceptors (Lipinski definition) is 5. The van der Waals surface area contributed by atoms with E-state index >= 15 is 0 Å². The van der Waals surface area contributed by atoms with Crippen molar-refractivity contribution in [2.75, 3.05) is 13.2 Å². The van der Waals surface area contributed by atoms with E-state index in [1.54, 1.807) is 0 Å². The average Bonchev–Trinajstić information content (AvgIpc) is 2.87. The summed E-state index contributed by atoms with van der Waals surface area (Å²) in [6.45, 7) is 4.21. The standard InChI is InChI=1S/C14H25N3O2/c1-2-3-7-13-15-14(19-16-13)11-17-9-5-4-6-12(17)8-10-18/h12,18H,2-11H2,1H3. The fraction of sp³-hybridized carbons (Fsp3) is 0.857. The molecule has 5 nitrogen and oxygen atoms in total. The van der Waals surface area contributed by atoms with Crippen molar-refractivity contribution >= 4 is 0 Å². The number of piperidine rings is 1. The Balaban J connectivity index is 1.89. The average molecular weight is 267 g/mol. The third-order valence-corrected chi connectivity index (χ3v) is 3.81. The van der Waals surface area contributed by atoms with E-state index in [0.29, 0.717) is 6.04 Å². The van der Waals surface area contributed by atoms with Crippen molar-refractivity contribution in [2.24, 2.45) is 0 Å². The molecule has 1 fully saturated rings. The maximum Gasteiger partial charge on any atom is 0.240 e. The van der Waals surface area contributed by atoms with Crippen LogP contribution in [0.1, 0.15) is 57.2 Å². The van der Waals surface area contributed by atoms with Gasteiger partial charge in [0.25, 0.3) is 0 Å². The van der Waals surface area contributed by atoms with E-state index in [9.17, 15) is 0 Å². The molecule has 19 heavy (non-hydrogen) atoms. The number of hydrogen-bond donors (Lipinski definition) is 1. The maximum atomic E-state index is 9.13. The number of aryl methyl sites for hydroxylation is 1.